The summed E-state index contributed by atoms with van der Waals surface area (Å²) in [6, 6.07) is 16.9. The van der Waals surface area contributed by atoms with Crippen molar-refractivity contribution in [1.29, 1.82) is 0 Å². The monoisotopic (exact) mass is 419 g/mol. The van der Waals surface area contributed by atoms with Crippen molar-refractivity contribution >= 4 is 16.7 Å². The normalized spacial score (nSPS) is 13.2. The van der Waals surface area contributed by atoms with E-state index in [0.717, 1.165) is 22.6 Å². The molecule has 0 saturated heterocycles. The summed E-state index contributed by atoms with van der Waals surface area (Å²) in [5.74, 6) is -0.725. The molecule has 4 nitrogen and oxygen atoms in total. The highest BCUT2D eigenvalue weighted by Crippen LogP contribution is 2.36. The van der Waals surface area contributed by atoms with Crippen LogP contribution in [0.15, 0.2) is 69.9 Å². The summed E-state index contributed by atoms with van der Waals surface area (Å²) in [6.07, 6.45) is 0.478. The largest absolute Gasteiger partial charge is 0.473 e. The zero-order valence-corrected chi connectivity index (χ0v) is 16.8. The van der Waals surface area contributed by atoms with Crippen LogP contribution in [0.4, 0.5) is 14.5 Å². The third-order valence-electron chi connectivity index (χ3n) is 5.71. The molecular formula is C25H19F2NO3. The summed E-state index contributed by atoms with van der Waals surface area (Å²) in [4.78, 5) is 14.5. The molecular weight excluding hydrogens is 400 g/mol. The number of nitrogens with zero attached hydrogens (tertiary/aromatic N) is 1. The summed E-state index contributed by atoms with van der Waals surface area (Å²) in [5.41, 5.74) is 3.41. The van der Waals surface area contributed by atoms with Crippen molar-refractivity contribution in [1.82, 2.24) is 0 Å². The second-order valence-corrected chi connectivity index (χ2v) is 7.64. The van der Waals surface area contributed by atoms with Crippen molar-refractivity contribution in [2.45, 2.75) is 19.9 Å². The minimum atomic E-state index is -0.671. The van der Waals surface area contributed by atoms with Crippen LogP contribution in [0.2, 0.25) is 0 Å². The Balaban J connectivity index is 1.58. The molecule has 5 rings (SSSR count). The fourth-order valence-electron chi connectivity index (χ4n) is 4.06. The van der Waals surface area contributed by atoms with Gasteiger partial charge in [-0.3, -0.25) is 0 Å². The zero-order valence-electron chi connectivity index (χ0n) is 16.8. The summed E-state index contributed by atoms with van der Waals surface area (Å²) in [6.45, 7) is 2.29. The number of ether oxygens (including phenoxy) is 1. The first kappa shape index (κ1) is 19.3. The number of benzene rings is 3. The zero-order chi connectivity index (χ0) is 21.5. The van der Waals surface area contributed by atoms with Gasteiger partial charge in [0.05, 0.1) is 17.8 Å². The Morgan fingerprint density at radius 1 is 1.03 bits per heavy atom. The second kappa shape index (κ2) is 7.54. The average Bonchev–Trinajstić information content (AvgIpc) is 2.77. The van der Waals surface area contributed by atoms with Crippen LogP contribution < -0.4 is 15.3 Å². The van der Waals surface area contributed by atoms with Crippen LogP contribution in [-0.4, -0.2) is 6.73 Å². The Labute approximate surface area is 177 Å². The van der Waals surface area contributed by atoms with Gasteiger partial charge in [-0.2, -0.15) is 0 Å². The molecule has 2 heterocycles. The average molecular weight is 419 g/mol. The molecule has 0 aliphatic carbocycles. The molecule has 1 aliphatic rings. The molecule has 6 heteroatoms. The lowest BCUT2D eigenvalue weighted by Crippen LogP contribution is -2.32. The van der Waals surface area contributed by atoms with Crippen molar-refractivity contribution < 1.29 is 17.9 Å². The van der Waals surface area contributed by atoms with E-state index in [-0.39, 0.29) is 19.0 Å². The first-order valence-electron chi connectivity index (χ1n) is 9.96. The molecule has 0 radical (unpaired) electrons. The van der Waals surface area contributed by atoms with E-state index in [4.69, 9.17) is 9.15 Å². The molecule has 1 aromatic heterocycles. The lowest BCUT2D eigenvalue weighted by atomic mass is 9.97. The number of halogens is 2. The number of aryl methyl sites for hydroxylation is 1. The number of hydrogen-bond acceptors (Lipinski definition) is 4. The summed E-state index contributed by atoms with van der Waals surface area (Å²) in [5, 5.41) is 0.814. The number of fused-ring (bicyclic) bond motifs is 3. The third kappa shape index (κ3) is 3.44. The second-order valence-electron chi connectivity index (χ2n) is 7.64. The smallest absolute Gasteiger partial charge is 0.340 e. The molecule has 31 heavy (non-hydrogen) atoms. The van der Waals surface area contributed by atoms with Gasteiger partial charge in [-0.1, -0.05) is 30.3 Å². The Morgan fingerprint density at radius 3 is 2.61 bits per heavy atom. The Kier molecular flexibility index (Phi) is 4.70. The highest BCUT2D eigenvalue weighted by atomic mass is 19.1. The highest BCUT2D eigenvalue weighted by Gasteiger charge is 2.25. The Morgan fingerprint density at radius 2 is 1.84 bits per heavy atom. The van der Waals surface area contributed by atoms with Crippen molar-refractivity contribution in [3.8, 4) is 5.75 Å². The first-order chi connectivity index (χ1) is 15.0. The van der Waals surface area contributed by atoms with E-state index in [1.807, 2.05) is 49.4 Å². The number of hydrogen-bond donors (Lipinski definition) is 0. The van der Waals surface area contributed by atoms with Crippen molar-refractivity contribution in [3.63, 3.8) is 0 Å². The Hall–Kier alpha value is -3.67. The number of rotatable bonds is 3. The molecule has 1 aliphatic heterocycles. The van der Waals surface area contributed by atoms with Crippen LogP contribution >= 0.6 is 0 Å². The van der Waals surface area contributed by atoms with E-state index >= 15 is 0 Å². The summed E-state index contributed by atoms with van der Waals surface area (Å²) in [7, 11) is 0. The fourth-order valence-corrected chi connectivity index (χ4v) is 4.06. The van der Waals surface area contributed by atoms with Crippen LogP contribution in [0.3, 0.4) is 0 Å². The van der Waals surface area contributed by atoms with E-state index in [1.54, 1.807) is 4.90 Å². The molecule has 0 saturated carbocycles. The fraction of sp³-hybridized carbons (Fsp3) is 0.160. The van der Waals surface area contributed by atoms with Crippen molar-refractivity contribution in [3.05, 3.63) is 105 Å². The van der Waals surface area contributed by atoms with Crippen molar-refractivity contribution in [2.24, 2.45) is 0 Å². The van der Waals surface area contributed by atoms with Gasteiger partial charge in [-0.15, -0.1) is 0 Å². The van der Waals surface area contributed by atoms with Gasteiger partial charge in [-0.25, -0.2) is 13.6 Å². The molecule has 0 unspecified atom stereocenters. The topological polar surface area (TPSA) is 42.7 Å². The predicted molar refractivity (Wildman–Crippen MR) is 115 cm³/mol. The third-order valence-corrected chi connectivity index (χ3v) is 5.71. The van der Waals surface area contributed by atoms with Gasteiger partial charge in [-0.05, 0) is 42.3 Å². The van der Waals surface area contributed by atoms with Crippen LogP contribution in [0.5, 0.6) is 5.75 Å². The van der Waals surface area contributed by atoms with Crippen LogP contribution in [0, 0.1) is 18.6 Å². The van der Waals surface area contributed by atoms with Gasteiger partial charge in [0.25, 0.3) is 0 Å². The molecule has 0 fully saturated rings. The first-order valence-corrected chi connectivity index (χ1v) is 9.96. The molecule has 4 aromatic rings. The van der Waals surface area contributed by atoms with Gasteiger partial charge in [0, 0.05) is 23.4 Å². The van der Waals surface area contributed by atoms with E-state index in [2.05, 4.69) is 0 Å². The lowest BCUT2D eigenvalue weighted by Gasteiger charge is -2.31. The molecule has 0 spiro atoms. The van der Waals surface area contributed by atoms with Gasteiger partial charge in [0.1, 0.15) is 23.0 Å². The maximum Gasteiger partial charge on any atom is 0.340 e. The van der Waals surface area contributed by atoms with Crippen LogP contribution in [0.25, 0.3) is 11.0 Å². The van der Waals surface area contributed by atoms with Crippen LogP contribution in [-0.2, 0) is 13.0 Å². The lowest BCUT2D eigenvalue weighted by molar-refractivity contribution is 0.287. The minimum Gasteiger partial charge on any atom is -0.473 e. The van der Waals surface area contributed by atoms with Crippen LogP contribution in [0.1, 0.15) is 22.3 Å². The molecule has 3 aromatic carbocycles. The Bertz CT molecular complexity index is 1350. The highest BCUT2D eigenvalue weighted by molar-refractivity contribution is 5.86. The predicted octanol–water partition coefficient (Wildman–Crippen LogP) is 5.33. The molecule has 0 amide bonds. The van der Waals surface area contributed by atoms with E-state index in [1.165, 1.54) is 12.1 Å². The quantitative estimate of drug-likeness (QED) is 0.421. The number of anilines is 1. The van der Waals surface area contributed by atoms with E-state index in [9.17, 15) is 13.6 Å². The van der Waals surface area contributed by atoms with E-state index < -0.39 is 17.3 Å². The van der Waals surface area contributed by atoms with Gasteiger partial charge in [0.2, 0.25) is 0 Å². The summed E-state index contributed by atoms with van der Waals surface area (Å²) < 4.78 is 39.2. The van der Waals surface area contributed by atoms with Gasteiger partial charge >= 0.3 is 5.63 Å². The molecule has 156 valence electrons. The molecule has 0 atom stereocenters. The standard InChI is InChI=1S/C25H19F2NO3/c1-15-18-8-10-23-20(13-28(14-30-23)22-9-7-17(26)12-21(22)27)24(18)31-25(29)19(15)11-16-5-3-2-4-6-16/h2-10,12H,11,13-14H2,1H3. The molecule has 0 bridgehead atoms. The van der Waals surface area contributed by atoms with Gasteiger partial charge < -0.3 is 14.1 Å². The minimum absolute atomic E-state index is 0.108. The maximum absolute atomic E-state index is 14.3. The summed E-state index contributed by atoms with van der Waals surface area (Å²) >= 11 is 0. The van der Waals surface area contributed by atoms with E-state index in [0.29, 0.717) is 28.9 Å². The van der Waals surface area contributed by atoms with Crippen molar-refractivity contribution in [2.75, 3.05) is 11.6 Å². The maximum atomic E-state index is 14.3. The SMILES string of the molecule is Cc1c(Cc2ccccc2)c(=O)oc2c3c(ccc12)OCN(c1ccc(F)cc1F)C3. The molecule has 0 N–H and O–H groups in total. The van der Waals surface area contributed by atoms with Gasteiger partial charge in [0.15, 0.2) is 6.73 Å².